The monoisotopic (exact) mass is 208 g/mol. The second-order valence-electron chi connectivity index (χ2n) is 3.07. The molecule has 0 fully saturated rings. The zero-order chi connectivity index (χ0) is 11.4. The van der Waals surface area contributed by atoms with Gasteiger partial charge in [-0.3, -0.25) is 9.59 Å². The SMILES string of the molecule is NC(=O)c1ccc(C(N)=O)c(CCO)c1. The van der Waals surface area contributed by atoms with Gasteiger partial charge >= 0.3 is 0 Å². The maximum Gasteiger partial charge on any atom is 0.248 e. The number of hydrogen-bond acceptors (Lipinski definition) is 3. The summed E-state index contributed by atoms with van der Waals surface area (Å²) in [6.45, 7) is -0.123. The molecule has 0 aromatic heterocycles. The van der Waals surface area contributed by atoms with E-state index in [1.54, 1.807) is 0 Å². The second-order valence-corrected chi connectivity index (χ2v) is 3.07. The molecule has 0 aliphatic carbocycles. The normalized spacial score (nSPS) is 9.93. The molecule has 0 aliphatic rings. The lowest BCUT2D eigenvalue weighted by Gasteiger charge is -2.06. The summed E-state index contributed by atoms with van der Waals surface area (Å²) in [7, 11) is 0. The molecule has 0 radical (unpaired) electrons. The number of aliphatic hydroxyl groups is 1. The minimum Gasteiger partial charge on any atom is -0.396 e. The predicted molar refractivity (Wildman–Crippen MR) is 54.3 cm³/mol. The molecule has 1 aromatic carbocycles. The zero-order valence-corrected chi connectivity index (χ0v) is 8.06. The van der Waals surface area contributed by atoms with Crippen LogP contribution in [0.3, 0.4) is 0 Å². The van der Waals surface area contributed by atoms with Gasteiger partial charge in [0.25, 0.3) is 0 Å². The van der Waals surface area contributed by atoms with Crippen molar-refractivity contribution in [1.82, 2.24) is 0 Å². The maximum absolute atomic E-state index is 11.0. The first kappa shape index (κ1) is 11.2. The minimum absolute atomic E-state index is 0.123. The number of hydrogen-bond donors (Lipinski definition) is 3. The van der Waals surface area contributed by atoms with Gasteiger partial charge in [0, 0.05) is 17.7 Å². The average molecular weight is 208 g/mol. The van der Waals surface area contributed by atoms with Gasteiger partial charge in [0.15, 0.2) is 0 Å². The molecule has 5 heteroatoms. The highest BCUT2D eigenvalue weighted by Crippen LogP contribution is 2.12. The van der Waals surface area contributed by atoms with Crippen LogP contribution in [-0.4, -0.2) is 23.5 Å². The minimum atomic E-state index is -0.588. The van der Waals surface area contributed by atoms with Crippen LogP contribution < -0.4 is 11.5 Å². The van der Waals surface area contributed by atoms with Crippen molar-refractivity contribution in [2.45, 2.75) is 6.42 Å². The Bertz CT molecular complexity index is 402. The van der Waals surface area contributed by atoms with Crippen LogP contribution >= 0.6 is 0 Å². The summed E-state index contributed by atoms with van der Waals surface area (Å²) in [6, 6.07) is 4.34. The highest BCUT2D eigenvalue weighted by Gasteiger charge is 2.10. The molecule has 1 rings (SSSR count). The van der Waals surface area contributed by atoms with Crippen molar-refractivity contribution in [3.63, 3.8) is 0 Å². The molecule has 0 atom stereocenters. The fourth-order valence-corrected chi connectivity index (χ4v) is 1.31. The fraction of sp³-hybridized carbons (Fsp3) is 0.200. The van der Waals surface area contributed by atoms with E-state index in [9.17, 15) is 9.59 Å². The number of primary amides is 2. The summed E-state index contributed by atoms with van der Waals surface area (Å²) >= 11 is 0. The van der Waals surface area contributed by atoms with E-state index in [0.717, 1.165) is 0 Å². The van der Waals surface area contributed by atoms with Crippen molar-refractivity contribution >= 4 is 11.8 Å². The van der Waals surface area contributed by atoms with E-state index in [2.05, 4.69) is 0 Å². The standard InChI is InChI=1S/C10H12N2O3/c11-9(14)7-1-2-8(10(12)15)6(5-7)3-4-13/h1-2,5,13H,3-4H2,(H2,11,14)(H2,12,15). The summed E-state index contributed by atoms with van der Waals surface area (Å²) in [4.78, 5) is 21.9. The van der Waals surface area contributed by atoms with Gasteiger partial charge in [-0.1, -0.05) is 0 Å². The molecule has 0 saturated carbocycles. The lowest BCUT2D eigenvalue weighted by atomic mass is 10.0. The van der Waals surface area contributed by atoms with Crippen LogP contribution in [0.4, 0.5) is 0 Å². The van der Waals surface area contributed by atoms with Gasteiger partial charge < -0.3 is 16.6 Å². The number of carbonyl (C=O) groups is 2. The van der Waals surface area contributed by atoms with Crippen molar-refractivity contribution in [2.75, 3.05) is 6.61 Å². The van der Waals surface area contributed by atoms with Gasteiger partial charge in [0.2, 0.25) is 11.8 Å². The fourth-order valence-electron chi connectivity index (χ4n) is 1.31. The highest BCUT2D eigenvalue weighted by molar-refractivity contribution is 5.97. The van der Waals surface area contributed by atoms with E-state index >= 15 is 0 Å². The third-order valence-corrected chi connectivity index (χ3v) is 2.04. The molecule has 0 heterocycles. The number of rotatable bonds is 4. The molecule has 0 unspecified atom stereocenters. The first-order chi connectivity index (χ1) is 7.06. The van der Waals surface area contributed by atoms with E-state index in [1.807, 2.05) is 0 Å². The number of carbonyl (C=O) groups excluding carboxylic acids is 2. The topological polar surface area (TPSA) is 106 Å². The van der Waals surface area contributed by atoms with Crippen molar-refractivity contribution in [3.8, 4) is 0 Å². The summed E-state index contributed by atoms with van der Waals surface area (Å²) in [5, 5.41) is 8.79. The van der Waals surface area contributed by atoms with Gasteiger partial charge in [-0.2, -0.15) is 0 Å². The average Bonchev–Trinajstić information content (AvgIpc) is 2.17. The molecular weight excluding hydrogens is 196 g/mol. The summed E-state index contributed by atoms with van der Waals surface area (Å²) < 4.78 is 0. The second kappa shape index (κ2) is 4.56. The van der Waals surface area contributed by atoms with Crippen LogP contribution in [0.5, 0.6) is 0 Å². The highest BCUT2D eigenvalue weighted by atomic mass is 16.3. The Labute approximate surface area is 86.7 Å². The van der Waals surface area contributed by atoms with Gasteiger partial charge in [-0.05, 0) is 30.2 Å². The predicted octanol–water partition coefficient (Wildman–Crippen LogP) is -0.581. The van der Waals surface area contributed by atoms with Gasteiger partial charge in [0.05, 0.1) is 0 Å². The molecule has 0 saturated heterocycles. The Kier molecular flexibility index (Phi) is 3.41. The summed E-state index contributed by atoms with van der Waals surface area (Å²) in [5.74, 6) is -1.17. The Hall–Kier alpha value is -1.88. The lowest BCUT2D eigenvalue weighted by Crippen LogP contribution is -2.17. The van der Waals surface area contributed by atoms with Crippen molar-refractivity contribution in [2.24, 2.45) is 11.5 Å². The van der Waals surface area contributed by atoms with E-state index in [-0.39, 0.29) is 13.0 Å². The van der Waals surface area contributed by atoms with Crippen molar-refractivity contribution in [3.05, 3.63) is 34.9 Å². The van der Waals surface area contributed by atoms with Crippen LogP contribution in [0.2, 0.25) is 0 Å². The van der Waals surface area contributed by atoms with E-state index in [4.69, 9.17) is 16.6 Å². The third-order valence-electron chi connectivity index (χ3n) is 2.04. The maximum atomic E-state index is 11.0. The smallest absolute Gasteiger partial charge is 0.248 e. The first-order valence-electron chi connectivity index (χ1n) is 4.39. The molecular formula is C10H12N2O3. The van der Waals surface area contributed by atoms with Crippen LogP contribution in [0.15, 0.2) is 18.2 Å². The van der Waals surface area contributed by atoms with Crippen LogP contribution in [0, 0.1) is 0 Å². The Morgan fingerprint density at radius 3 is 2.33 bits per heavy atom. The summed E-state index contributed by atoms with van der Waals surface area (Å²) in [6.07, 6.45) is 0.263. The molecule has 5 N–H and O–H groups in total. The van der Waals surface area contributed by atoms with Crippen LogP contribution in [0.25, 0.3) is 0 Å². The van der Waals surface area contributed by atoms with Crippen LogP contribution in [-0.2, 0) is 6.42 Å². The van der Waals surface area contributed by atoms with E-state index in [1.165, 1.54) is 18.2 Å². The molecule has 0 aliphatic heterocycles. The molecule has 2 amide bonds. The number of aliphatic hydroxyl groups excluding tert-OH is 1. The quantitative estimate of drug-likeness (QED) is 0.616. The Morgan fingerprint density at radius 1 is 1.20 bits per heavy atom. The number of benzene rings is 1. The number of amides is 2. The molecule has 1 aromatic rings. The largest absolute Gasteiger partial charge is 0.396 e. The van der Waals surface area contributed by atoms with Gasteiger partial charge in [-0.15, -0.1) is 0 Å². The zero-order valence-electron chi connectivity index (χ0n) is 8.06. The third kappa shape index (κ3) is 2.54. The van der Waals surface area contributed by atoms with Crippen molar-refractivity contribution in [1.29, 1.82) is 0 Å². The molecule has 0 bridgehead atoms. The van der Waals surface area contributed by atoms with Gasteiger partial charge in [0.1, 0.15) is 0 Å². The first-order valence-corrected chi connectivity index (χ1v) is 4.39. The Morgan fingerprint density at radius 2 is 1.87 bits per heavy atom. The molecule has 0 spiro atoms. The summed E-state index contributed by atoms with van der Waals surface area (Å²) in [5.41, 5.74) is 11.3. The molecule has 5 nitrogen and oxygen atoms in total. The Balaban J connectivity index is 3.20. The lowest BCUT2D eigenvalue weighted by molar-refractivity contribution is 0.0987. The van der Waals surface area contributed by atoms with E-state index in [0.29, 0.717) is 16.7 Å². The number of nitrogens with two attached hydrogens (primary N) is 2. The van der Waals surface area contributed by atoms with Gasteiger partial charge in [-0.25, -0.2) is 0 Å². The van der Waals surface area contributed by atoms with E-state index < -0.39 is 11.8 Å². The molecule has 80 valence electrons. The van der Waals surface area contributed by atoms with Crippen molar-refractivity contribution < 1.29 is 14.7 Å². The molecule has 15 heavy (non-hydrogen) atoms. The van der Waals surface area contributed by atoms with Crippen LogP contribution in [0.1, 0.15) is 26.3 Å².